The molecule has 2 heteroatoms. The van der Waals surface area contributed by atoms with E-state index in [9.17, 15) is 0 Å². The van der Waals surface area contributed by atoms with E-state index in [2.05, 4.69) is 43.0 Å². The highest BCUT2D eigenvalue weighted by Crippen LogP contribution is 2.29. The Balaban J connectivity index is 2.21. The van der Waals surface area contributed by atoms with Gasteiger partial charge in [-0.2, -0.15) is 0 Å². The molecule has 1 aliphatic rings. The van der Waals surface area contributed by atoms with Crippen LogP contribution in [0.15, 0.2) is 24.3 Å². The van der Waals surface area contributed by atoms with E-state index in [1.807, 2.05) is 0 Å². The molecule has 2 unspecified atom stereocenters. The lowest BCUT2D eigenvalue weighted by Gasteiger charge is -2.35. The van der Waals surface area contributed by atoms with Crippen LogP contribution in [-0.4, -0.2) is 13.1 Å². The molecule has 2 rings (SSSR count). The molecule has 1 aliphatic heterocycles. The van der Waals surface area contributed by atoms with Gasteiger partial charge in [0.2, 0.25) is 0 Å². The Morgan fingerprint density at radius 1 is 1.41 bits per heavy atom. The van der Waals surface area contributed by atoms with Crippen LogP contribution in [0.3, 0.4) is 0 Å². The summed E-state index contributed by atoms with van der Waals surface area (Å²) < 4.78 is 0. The molecule has 0 amide bonds. The first-order valence-corrected chi connectivity index (χ1v) is 6.81. The fraction of sp³-hybridized carbons (Fsp3) is 0.600. The minimum absolute atomic E-state index is 0.119. The lowest BCUT2D eigenvalue weighted by Crippen LogP contribution is -2.36. The monoisotopic (exact) mass is 232 g/mol. The molecule has 0 bridgehead atoms. The zero-order chi connectivity index (χ0) is 12.3. The van der Waals surface area contributed by atoms with Gasteiger partial charge in [-0.15, -0.1) is 0 Å². The molecule has 0 aliphatic carbocycles. The van der Waals surface area contributed by atoms with Crippen molar-refractivity contribution >= 4 is 5.69 Å². The molecule has 1 fully saturated rings. The van der Waals surface area contributed by atoms with Crippen molar-refractivity contribution in [3.05, 3.63) is 29.8 Å². The van der Waals surface area contributed by atoms with Gasteiger partial charge in [0.15, 0.2) is 0 Å². The standard InChI is InChI=1S/C15H24N2/c1-3-13-7-6-10-17(11-13)15-9-5-4-8-14(15)12(2)16/h4-5,8-9,12-13H,3,6-7,10-11,16H2,1-2H3. The third-order valence-electron chi connectivity index (χ3n) is 3.86. The number of hydrogen-bond donors (Lipinski definition) is 1. The second-order valence-electron chi connectivity index (χ2n) is 5.21. The number of para-hydroxylation sites is 1. The summed E-state index contributed by atoms with van der Waals surface area (Å²) in [5, 5.41) is 0. The van der Waals surface area contributed by atoms with Crippen LogP contribution in [0.2, 0.25) is 0 Å². The van der Waals surface area contributed by atoms with E-state index in [-0.39, 0.29) is 6.04 Å². The van der Waals surface area contributed by atoms with Crippen molar-refractivity contribution in [1.29, 1.82) is 0 Å². The normalized spacial score (nSPS) is 22.5. The van der Waals surface area contributed by atoms with E-state index < -0.39 is 0 Å². The summed E-state index contributed by atoms with van der Waals surface area (Å²) in [6.45, 7) is 6.74. The lowest BCUT2D eigenvalue weighted by molar-refractivity contribution is 0.404. The molecule has 2 nitrogen and oxygen atoms in total. The number of piperidine rings is 1. The number of nitrogens with two attached hydrogens (primary N) is 1. The summed E-state index contributed by atoms with van der Waals surface area (Å²) in [4.78, 5) is 2.52. The average Bonchev–Trinajstić information content (AvgIpc) is 2.39. The third-order valence-corrected chi connectivity index (χ3v) is 3.86. The first kappa shape index (κ1) is 12.4. The Labute approximate surface area is 105 Å². The zero-order valence-electron chi connectivity index (χ0n) is 11.0. The Bertz CT molecular complexity index is 360. The maximum Gasteiger partial charge on any atom is 0.0414 e. The Hall–Kier alpha value is -1.02. The van der Waals surface area contributed by atoms with Gasteiger partial charge in [0.1, 0.15) is 0 Å². The predicted molar refractivity (Wildman–Crippen MR) is 74.3 cm³/mol. The van der Waals surface area contributed by atoms with E-state index >= 15 is 0 Å². The molecule has 94 valence electrons. The van der Waals surface area contributed by atoms with Crippen molar-refractivity contribution in [3.63, 3.8) is 0 Å². The van der Waals surface area contributed by atoms with Gasteiger partial charge in [-0.3, -0.25) is 0 Å². The van der Waals surface area contributed by atoms with Crippen molar-refractivity contribution in [1.82, 2.24) is 0 Å². The summed E-state index contributed by atoms with van der Waals surface area (Å²) in [5.41, 5.74) is 8.69. The van der Waals surface area contributed by atoms with Gasteiger partial charge >= 0.3 is 0 Å². The number of hydrogen-bond acceptors (Lipinski definition) is 2. The molecule has 1 aromatic carbocycles. The highest BCUT2D eigenvalue weighted by Gasteiger charge is 2.20. The van der Waals surface area contributed by atoms with E-state index in [1.165, 1.54) is 43.6 Å². The summed E-state index contributed by atoms with van der Waals surface area (Å²) in [7, 11) is 0. The third kappa shape index (κ3) is 2.81. The molecule has 0 radical (unpaired) electrons. The largest absolute Gasteiger partial charge is 0.371 e. The van der Waals surface area contributed by atoms with E-state index in [0.29, 0.717) is 0 Å². The predicted octanol–water partition coefficient (Wildman–Crippen LogP) is 3.33. The summed E-state index contributed by atoms with van der Waals surface area (Å²) in [5.74, 6) is 0.852. The van der Waals surface area contributed by atoms with Crippen molar-refractivity contribution in [2.45, 2.75) is 39.2 Å². The second kappa shape index (κ2) is 5.54. The number of anilines is 1. The Morgan fingerprint density at radius 2 is 2.18 bits per heavy atom. The van der Waals surface area contributed by atoms with Crippen LogP contribution >= 0.6 is 0 Å². The van der Waals surface area contributed by atoms with E-state index in [0.717, 1.165) is 5.92 Å². The Morgan fingerprint density at radius 3 is 2.88 bits per heavy atom. The van der Waals surface area contributed by atoms with Crippen LogP contribution in [0.25, 0.3) is 0 Å². The van der Waals surface area contributed by atoms with E-state index in [4.69, 9.17) is 5.73 Å². The van der Waals surface area contributed by atoms with Gasteiger partial charge in [-0.05, 0) is 37.3 Å². The quantitative estimate of drug-likeness (QED) is 0.866. The highest BCUT2D eigenvalue weighted by molar-refractivity contribution is 5.55. The summed E-state index contributed by atoms with van der Waals surface area (Å²) in [6, 6.07) is 8.71. The van der Waals surface area contributed by atoms with Crippen LogP contribution in [0.4, 0.5) is 5.69 Å². The van der Waals surface area contributed by atoms with Crippen molar-refractivity contribution < 1.29 is 0 Å². The topological polar surface area (TPSA) is 29.3 Å². The molecular weight excluding hydrogens is 208 g/mol. The fourth-order valence-electron chi connectivity index (χ4n) is 2.78. The zero-order valence-corrected chi connectivity index (χ0v) is 11.0. The highest BCUT2D eigenvalue weighted by atomic mass is 15.1. The molecule has 17 heavy (non-hydrogen) atoms. The van der Waals surface area contributed by atoms with Crippen LogP contribution < -0.4 is 10.6 Å². The van der Waals surface area contributed by atoms with Crippen molar-refractivity contribution in [2.24, 2.45) is 11.7 Å². The molecular formula is C15H24N2. The molecule has 1 aromatic rings. The fourth-order valence-corrected chi connectivity index (χ4v) is 2.78. The van der Waals surface area contributed by atoms with E-state index in [1.54, 1.807) is 0 Å². The second-order valence-corrected chi connectivity index (χ2v) is 5.21. The maximum absolute atomic E-state index is 6.06. The number of nitrogens with zero attached hydrogens (tertiary/aromatic N) is 1. The molecule has 0 saturated carbocycles. The molecule has 1 heterocycles. The minimum atomic E-state index is 0.119. The molecule has 0 aromatic heterocycles. The molecule has 0 spiro atoms. The van der Waals surface area contributed by atoms with Gasteiger partial charge in [-0.25, -0.2) is 0 Å². The Kier molecular flexibility index (Phi) is 4.06. The SMILES string of the molecule is CCC1CCCN(c2ccccc2C(C)N)C1. The van der Waals surface area contributed by atoms with Gasteiger partial charge in [0, 0.05) is 24.8 Å². The minimum Gasteiger partial charge on any atom is -0.371 e. The van der Waals surface area contributed by atoms with Gasteiger partial charge in [0.05, 0.1) is 0 Å². The molecule has 1 saturated heterocycles. The molecule has 2 N–H and O–H groups in total. The maximum atomic E-state index is 6.06. The van der Waals surface area contributed by atoms with Gasteiger partial charge < -0.3 is 10.6 Å². The van der Waals surface area contributed by atoms with Crippen molar-refractivity contribution in [3.8, 4) is 0 Å². The summed E-state index contributed by atoms with van der Waals surface area (Å²) >= 11 is 0. The number of rotatable bonds is 3. The first-order valence-electron chi connectivity index (χ1n) is 6.81. The van der Waals surface area contributed by atoms with Gasteiger partial charge in [0.25, 0.3) is 0 Å². The lowest BCUT2D eigenvalue weighted by atomic mass is 9.94. The van der Waals surface area contributed by atoms with Crippen LogP contribution in [0.1, 0.15) is 44.7 Å². The average molecular weight is 232 g/mol. The van der Waals surface area contributed by atoms with Gasteiger partial charge in [-0.1, -0.05) is 31.5 Å². The van der Waals surface area contributed by atoms with Crippen LogP contribution in [0, 0.1) is 5.92 Å². The van der Waals surface area contributed by atoms with Crippen molar-refractivity contribution in [2.75, 3.05) is 18.0 Å². The van der Waals surface area contributed by atoms with Crippen LogP contribution in [-0.2, 0) is 0 Å². The smallest absolute Gasteiger partial charge is 0.0414 e. The summed E-state index contributed by atoms with van der Waals surface area (Å²) in [6.07, 6.45) is 3.98. The number of benzene rings is 1. The first-order chi connectivity index (χ1) is 8.22. The van der Waals surface area contributed by atoms with Crippen LogP contribution in [0.5, 0.6) is 0 Å². The molecule has 2 atom stereocenters.